The van der Waals surface area contributed by atoms with Crippen LogP contribution in [0.4, 0.5) is 0 Å². The second kappa shape index (κ2) is 5.69. The van der Waals surface area contributed by atoms with Gasteiger partial charge in [-0.25, -0.2) is 0 Å². The molecule has 2 heterocycles. The van der Waals surface area contributed by atoms with Crippen molar-refractivity contribution in [2.24, 2.45) is 17.3 Å². The molecule has 0 radical (unpaired) electrons. The summed E-state index contributed by atoms with van der Waals surface area (Å²) >= 11 is 1.67. The van der Waals surface area contributed by atoms with Gasteiger partial charge in [-0.3, -0.25) is 9.59 Å². The summed E-state index contributed by atoms with van der Waals surface area (Å²) in [4.78, 5) is 26.1. The van der Waals surface area contributed by atoms with Crippen LogP contribution in [0.2, 0.25) is 0 Å². The van der Waals surface area contributed by atoms with E-state index in [4.69, 9.17) is 0 Å². The number of carboxylic acid groups (broad SMARTS) is 1. The number of aliphatic carboxylic acids is 1. The number of thiophene rings is 1. The van der Waals surface area contributed by atoms with E-state index in [1.807, 2.05) is 4.90 Å². The van der Waals surface area contributed by atoms with Crippen molar-refractivity contribution < 1.29 is 14.7 Å². The Bertz CT molecular complexity index is 566. The number of hydrogen-bond donors (Lipinski definition) is 1. The van der Waals surface area contributed by atoms with Crippen molar-refractivity contribution in [2.45, 2.75) is 39.0 Å². The van der Waals surface area contributed by atoms with E-state index in [2.05, 4.69) is 16.8 Å². The zero-order valence-corrected chi connectivity index (χ0v) is 13.9. The Morgan fingerprint density at radius 1 is 1.41 bits per heavy atom. The average molecular weight is 321 g/mol. The molecule has 2 fully saturated rings. The minimum Gasteiger partial charge on any atom is -0.481 e. The van der Waals surface area contributed by atoms with Crippen LogP contribution in [0.1, 0.15) is 44.6 Å². The fourth-order valence-electron chi connectivity index (χ4n) is 3.50. The van der Waals surface area contributed by atoms with Gasteiger partial charge in [0.15, 0.2) is 0 Å². The number of nitrogens with zero attached hydrogens (tertiary/aromatic N) is 1. The molecule has 2 aliphatic rings. The molecule has 1 aromatic heterocycles. The summed E-state index contributed by atoms with van der Waals surface area (Å²) < 4.78 is 0. The van der Waals surface area contributed by atoms with Crippen molar-refractivity contribution in [3.05, 3.63) is 22.4 Å². The van der Waals surface area contributed by atoms with E-state index in [1.165, 1.54) is 5.56 Å². The lowest BCUT2D eigenvalue weighted by Crippen LogP contribution is -2.47. The van der Waals surface area contributed by atoms with Gasteiger partial charge in [0.2, 0.25) is 5.91 Å². The summed E-state index contributed by atoms with van der Waals surface area (Å²) in [6, 6.07) is 2.11. The lowest BCUT2D eigenvalue weighted by Gasteiger charge is -2.39. The third-order valence-electron chi connectivity index (χ3n) is 5.38. The SMILES string of the molecule is CC(C)(C(=O)O)C1CCCN(C(=O)[C@@H]2C[C@H]2c2ccsc2)C1. The number of piperidine rings is 1. The summed E-state index contributed by atoms with van der Waals surface area (Å²) in [5.74, 6) is -0.00888. The van der Waals surface area contributed by atoms with Crippen molar-refractivity contribution in [1.29, 1.82) is 0 Å². The number of hydrogen-bond acceptors (Lipinski definition) is 3. The maximum atomic E-state index is 12.7. The van der Waals surface area contributed by atoms with E-state index in [0.29, 0.717) is 12.5 Å². The molecular weight excluding hydrogens is 298 g/mol. The van der Waals surface area contributed by atoms with E-state index in [1.54, 1.807) is 25.2 Å². The van der Waals surface area contributed by atoms with Gasteiger partial charge in [-0.15, -0.1) is 0 Å². The van der Waals surface area contributed by atoms with E-state index >= 15 is 0 Å². The lowest BCUT2D eigenvalue weighted by molar-refractivity contribution is -0.153. The van der Waals surface area contributed by atoms with E-state index < -0.39 is 11.4 Å². The summed E-state index contributed by atoms with van der Waals surface area (Å²) in [6.45, 7) is 4.92. The minimum atomic E-state index is -0.769. The molecule has 4 nitrogen and oxygen atoms in total. The third kappa shape index (κ3) is 2.78. The number of likely N-dealkylation sites (tertiary alicyclic amines) is 1. The van der Waals surface area contributed by atoms with E-state index in [-0.39, 0.29) is 17.7 Å². The molecule has 1 saturated heterocycles. The third-order valence-corrected chi connectivity index (χ3v) is 6.09. The Kier molecular flexibility index (Phi) is 4.02. The largest absolute Gasteiger partial charge is 0.481 e. The van der Waals surface area contributed by atoms with Gasteiger partial charge in [0, 0.05) is 19.0 Å². The normalized spacial score (nSPS) is 28.5. The molecule has 0 bridgehead atoms. The first-order valence-corrected chi connectivity index (χ1v) is 8.90. The molecule has 1 aliphatic carbocycles. The van der Waals surface area contributed by atoms with Gasteiger partial charge in [0.05, 0.1) is 5.41 Å². The lowest BCUT2D eigenvalue weighted by atomic mass is 9.74. The second-order valence-corrected chi connectivity index (χ2v) is 7.94. The predicted molar refractivity (Wildman–Crippen MR) is 85.9 cm³/mol. The molecule has 1 aliphatic heterocycles. The van der Waals surface area contributed by atoms with Gasteiger partial charge >= 0.3 is 5.97 Å². The highest BCUT2D eigenvalue weighted by molar-refractivity contribution is 7.08. The first-order chi connectivity index (χ1) is 10.4. The zero-order valence-electron chi connectivity index (χ0n) is 13.1. The van der Waals surface area contributed by atoms with E-state index in [9.17, 15) is 14.7 Å². The van der Waals surface area contributed by atoms with Crippen LogP contribution in [0.15, 0.2) is 16.8 Å². The molecule has 22 heavy (non-hydrogen) atoms. The summed E-state index contributed by atoms with van der Waals surface area (Å²) in [6.07, 6.45) is 2.74. The molecule has 0 spiro atoms. The second-order valence-electron chi connectivity index (χ2n) is 7.16. The summed E-state index contributed by atoms with van der Waals surface area (Å²) in [5.41, 5.74) is 0.512. The Labute approximate surface area is 135 Å². The first kappa shape index (κ1) is 15.5. The maximum Gasteiger partial charge on any atom is 0.309 e. The van der Waals surface area contributed by atoms with Crippen molar-refractivity contribution in [3.8, 4) is 0 Å². The molecule has 3 atom stereocenters. The van der Waals surface area contributed by atoms with Gasteiger partial charge in [0.1, 0.15) is 0 Å². The molecule has 120 valence electrons. The molecule has 1 unspecified atom stereocenters. The monoisotopic (exact) mass is 321 g/mol. The fourth-order valence-corrected chi connectivity index (χ4v) is 4.22. The Morgan fingerprint density at radius 3 is 2.82 bits per heavy atom. The molecule has 0 aromatic carbocycles. The van der Waals surface area contributed by atoms with Crippen LogP contribution < -0.4 is 0 Å². The van der Waals surface area contributed by atoms with Crippen LogP contribution in [0.5, 0.6) is 0 Å². The molecule has 1 amide bonds. The number of carbonyl (C=O) groups excluding carboxylic acids is 1. The highest BCUT2D eigenvalue weighted by Gasteiger charge is 2.48. The van der Waals surface area contributed by atoms with Gasteiger partial charge in [-0.05, 0) is 67.3 Å². The van der Waals surface area contributed by atoms with Crippen molar-refractivity contribution >= 4 is 23.2 Å². The first-order valence-electron chi connectivity index (χ1n) is 7.95. The summed E-state index contributed by atoms with van der Waals surface area (Å²) in [5, 5.41) is 13.6. The van der Waals surface area contributed by atoms with Crippen LogP contribution in [0.25, 0.3) is 0 Å². The Morgan fingerprint density at radius 2 is 2.18 bits per heavy atom. The predicted octanol–water partition coefficient (Wildman–Crippen LogP) is 3.20. The highest BCUT2D eigenvalue weighted by Crippen LogP contribution is 2.49. The molecular formula is C17H23NO3S. The van der Waals surface area contributed by atoms with Gasteiger partial charge in [0.25, 0.3) is 0 Å². The Balaban J connectivity index is 1.63. The number of rotatable bonds is 4. The van der Waals surface area contributed by atoms with Crippen molar-refractivity contribution in [1.82, 2.24) is 4.90 Å². The van der Waals surface area contributed by atoms with Crippen LogP contribution in [-0.2, 0) is 9.59 Å². The molecule has 1 saturated carbocycles. The molecule has 5 heteroatoms. The van der Waals surface area contributed by atoms with Gasteiger partial charge in [-0.1, -0.05) is 0 Å². The Hall–Kier alpha value is -1.36. The van der Waals surface area contributed by atoms with Gasteiger partial charge < -0.3 is 10.0 Å². The summed E-state index contributed by atoms with van der Waals surface area (Å²) in [7, 11) is 0. The van der Waals surface area contributed by atoms with Crippen LogP contribution in [0, 0.1) is 17.3 Å². The van der Waals surface area contributed by atoms with E-state index in [0.717, 1.165) is 25.8 Å². The van der Waals surface area contributed by atoms with Crippen LogP contribution in [0.3, 0.4) is 0 Å². The van der Waals surface area contributed by atoms with Crippen LogP contribution >= 0.6 is 11.3 Å². The number of carbonyl (C=O) groups is 2. The number of amides is 1. The smallest absolute Gasteiger partial charge is 0.309 e. The topological polar surface area (TPSA) is 57.6 Å². The quantitative estimate of drug-likeness (QED) is 0.926. The fraction of sp³-hybridized carbons (Fsp3) is 0.647. The van der Waals surface area contributed by atoms with Crippen molar-refractivity contribution in [2.75, 3.05) is 13.1 Å². The molecule has 3 rings (SSSR count). The standard InChI is InChI=1S/C17H23NO3S/c1-17(2,16(20)21)12-4-3-6-18(9-12)15(19)14-8-13(14)11-5-7-22-10-11/h5,7,10,12-14H,3-4,6,8-9H2,1-2H3,(H,20,21)/t12?,13-,14+/m0/s1. The number of carboxylic acids is 1. The minimum absolute atomic E-state index is 0.0426. The zero-order chi connectivity index (χ0) is 15.9. The molecule has 1 N–H and O–H groups in total. The van der Waals surface area contributed by atoms with Crippen LogP contribution in [-0.4, -0.2) is 35.0 Å². The van der Waals surface area contributed by atoms with Gasteiger partial charge in [-0.2, -0.15) is 11.3 Å². The average Bonchev–Trinajstić information content (AvgIpc) is 3.11. The maximum absolute atomic E-state index is 12.7. The molecule has 1 aromatic rings. The van der Waals surface area contributed by atoms with Crippen molar-refractivity contribution in [3.63, 3.8) is 0 Å². The highest BCUT2D eigenvalue weighted by atomic mass is 32.1.